The lowest BCUT2D eigenvalue weighted by molar-refractivity contribution is 0.416. The molecule has 2 aromatic heterocycles. The van der Waals surface area contributed by atoms with Crippen LogP contribution in [0.4, 0.5) is 0 Å². The van der Waals surface area contributed by atoms with Crippen molar-refractivity contribution >= 4 is 16.3 Å². The van der Waals surface area contributed by atoms with Gasteiger partial charge in [-0.3, -0.25) is 4.40 Å². The molecular formula is C20H19N3OS. The molecule has 4 nitrogen and oxygen atoms in total. The van der Waals surface area contributed by atoms with Crippen LogP contribution >= 0.6 is 11.3 Å². The van der Waals surface area contributed by atoms with Gasteiger partial charge in [-0.05, 0) is 24.6 Å². The van der Waals surface area contributed by atoms with Crippen LogP contribution < -0.4 is 10.5 Å². The molecule has 0 spiro atoms. The molecule has 0 atom stereocenters. The van der Waals surface area contributed by atoms with Gasteiger partial charge in [0, 0.05) is 17.5 Å². The molecule has 0 saturated carbocycles. The third-order valence-corrected chi connectivity index (χ3v) is 5.19. The monoisotopic (exact) mass is 349 g/mol. The lowest BCUT2D eigenvalue weighted by Gasteiger charge is -2.09. The van der Waals surface area contributed by atoms with Crippen LogP contribution in [0.1, 0.15) is 11.3 Å². The maximum atomic E-state index is 6.12. The number of nitrogens with two attached hydrogens (primary N) is 1. The lowest BCUT2D eigenvalue weighted by Crippen LogP contribution is -2.03. The number of hydrogen-bond donors (Lipinski definition) is 1. The number of nitrogens with zero attached hydrogens (tertiary/aromatic N) is 2. The summed E-state index contributed by atoms with van der Waals surface area (Å²) in [5.41, 5.74) is 12.5. The van der Waals surface area contributed by atoms with Crippen LogP contribution in [0, 0.1) is 6.92 Å². The molecule has 0 unspecified atom stereocenters. The van der Waals surface area contributed by atoms with Crippen molar-refractivity contribution in [1.29, 1.82) is 0 Å². The van der Waals surface area contributed by atoms with E-state index < -0.39 is 0 Å². The zero-order valence-corrected chi connectivity index (χ0v) is 15.0. The number of benzene rings is 2. The molecule has 25 heavy (non-hydrogen) atoms. The van der Waals surface area contributed by atoms with Crippen LogP contribution in [-0.4, -0.2) is 16.5 Å². The van der Waals surface area contributed by atoms with E-state index in [-0.39, 0.29) is 0 Å². The number of para-hydroxylation sites is 1. The number of ether oxygens (including phenoxy) is 1. The van der Waals surface area contributed by atoms with Crippen LogP contribution in [-0.2, 0) is 6.54 Å². The van der Waals surface area contributed by atoms with Gasteiger partial charge in [-0.2, -0.15) is 0 Å². The summed E-state index contributed by atoms with van der Waals surface area (Å²) in [4.78, 5) is 5.79. The first kappa shape index (κ1) is 15.9. The minimum absolute atomic E-state index is 0.407. The van der Waals surface area contributed by atoms with Crippen molar-refractivity contribution in [3.8, 4) is 28.3 Å². The molecule has 0 saturated heterocycles. The predicted octanol–water partition coefficient (Wildman–Crippen LogP) is 4.51. The summed E-state index contributed by atoms with van der Waals surface area (Å²) in [6.07, 6.45) is 0. The maximum Gasteiger partial charge on any atom is 0.195 e. The molecule has 0 bridgehead atoms. The van der Waals surface area contributed by atoms with E-state index in [4.69, 9.17) is 15.5 Å². The first-order valence-electron chi connectivity index (χ1n) is 8.12. The van der Waals surface area contributed by atoms with Crippen LogP contribution in [0.2, 0.25) is 0 Å². The average Bonchev–Trinajstić information content (AvgIpc) is 3.21. The molecular weight excluding hydrogens is 330 g/mol. The molecule has 0 radical (unpaired) electrons. The molecule has 4 rings (SSSR count). The van der Waals surface area contributed by atoms with Gasteiger partial charge in [-0.25, -0.2) is 4.98 Å². The Kier molecular flexibility index (Phi) is 4.03. The van der Waals surface area contributed by atoms with E-state index in [1.165, 1.54) is 5.56 Å². The van der Waals surface area contributed by atoms with Gasteiger partial charge in [0.1, 0.15) is 5.75 Å². The normalized spacial score (nSPS) is 11.2. The molecule has 2 N–H and O–H groups in total. The molecule has 0 aliphatic rings. The van der Waals surface area contributed by atoms with Crippen molar-refractivity contribution in [1.82, 2.24) is 9.38 Å². The smallest absolute Gasteiger partial charge is 0.195 e. The second kappa shape index (κ2) is 6.35. The second-order valence-corrected chi connectivity index (χ2v) is 6.75. The number of aromatic nitrogens is 2. The topological polar surface area (TPSA) is 52.5 Å². The highest BCUT2D eigenvalue weighted by molar-refractivity contribution is 7.15. The zero-order valence-electron chi connectivity index (χ0n) is 14.2. The van der Waals surface area contributed by atoms with E-state index in [1.807, 2.05) is 24.3 Å². The Labute approximate surface area is 150 Å². The molecule has 2 heterocycles. The van der Waals surface area contributed by atoms with Gasteiger partial charge in [0.25, 0.3) is 0 Å². The van der Waals surface area contributed by atoms with Crippen LogP contribution in [0.25, 0.3) is 27.5 Å². The van der Waals surface area contributed by atoms with Crippen LogP contribution in [0.5, 0.6) is 5.75 Å². The number of thiazole rings is 1. The Balaban J connectivity index is 1.95. The van der Waals surface area contributed by atoms with E-state index in [1.54, 1.807) is 18.4 Å². The quantitative estimate of drug-likeness (QED) is 0.590. The van der Waals surface area contributed by atoms with Crippen molar-refractivity contribution in [3.63, 3.8) is 0 Å². The molecule has 2 aromatic carbocycles. The minimum atomic E-state index is 0.407. The highest BCUT2D eigenvalue weighted by Crippen LogP contribution is 2.36. The fraction of sp³-hybridized carbons (Fsp3) is 0.150. The Morgan fingerprint density at radius 3 is 2.60 bits per heavy atom. The zero-order chi connectivity index (χ0) is 17.4. The molecule has 126 valence electrons. The standard InChI is InChI=1S/C20H19N3OS/c1-13-7-9-14(10-8-13)17-12-25-20-22-19(16(11-21)23(17)20)15-5-3-4-6-18(15)24-2/h3-10,12H,11,21H2,1-2H3. The maximum absolute atomic E-state index is 6.12. The van der Waals surface area contributed by atoms with Crippen molar-refractivity contribution in [2.24, 2.45) is 5.73 Å². The van der Waals surface area contributed by atoms with Crippen LogP contribution in [0.3, 0.4) is 0 Å². The van der Waals surface area contributed by atoms with E-state index in [0.717, 1.165) is 38.9 Å². The highest BCUT2D eigenvalue weighted by atomic mass is 32.1. The fourth-order valence-corrected chi connectivity index (χ4v) is 4.00. The second-order valence-electron chi connectivity index (χ2n) is 5.92. The van der Waals surface area contributed by atoms with E-state index in [2.05, 4.69) is 41.0 Å². The summed E-state index contributed by atoms with van der Waals surface area (Å²) in [5, 5.41) is 2.14. The first-order chi connectivity index (χ1) is 12.2. The number of fused-ring (bicyclic) bond motifs is 1. The van der Waals surface area contributed by atoms with E-state index in [9.17, 15) is 0 Å². The van der Waals surface area contributed by atoms with Gasteiger partial charge in [0.15, 0.2) is 4.96 Å². The van der Waals surface area contributed by atoms with Crippen molar-refractivity contribution < 1.29 is 4.74 Å². The first-order valence-corrected chi connectivity index (χ1v) is 9.00. The Morgan fingerprint density at radius 1 is 1.12 bits per heavy atom. The number of methoxy groups -OCH3 is 1. The Hall–Kier alpha value is -2.63. The third kappa shape index (κ3) is 2.62. The van der Waals surface area contributed by atoms with Crippen molar-refractivity contribution in [2.75, 3.05) is 7.11 Å². The van der Waals surface area contributed by atoms with Gasteiger partial charge < -0.3 is 10.5 Å². The van der Waals surface area contributed by atoms with Gasteiger partial charge in [0.05, 0.1) is 24.2 Å². The summed E-state index contributed by atoms with van der Waals surface area (Å²) in [6, 6.07) is 16.4. The molecule has 5 heteroatoms. The number of aryl methyl sites for hydroxylation is 1. The third-order valence-electron chi connectivity index (χ3n) is 4.36. The summed E-state index contributed by atoms with van der Waals surface area (Å²) in [5.74, 6) is 0.805. The molecule has 4 aromatic rings. The van der Waals surface area contributed by atoms with Crippen molar-refractivity contribution in [2.45, 2.75) is 13.5 Å². The lowest BCUT2D eigenvalue weighted by atomic mass is 10.1. The van der Waals surface area contributed by atoms with Gasteiger partial charge in [0.2, 0.25) is 0 Å². The number of imidazole rings is 1. The molecule has 0 fully saturated rings. The fourth-order valence-electron chi connectivity index (χ4n) is 3.09. The Bertz CT molecular complexity index is 1030. The predicted molar refractivity (Wildman–Crippen MR) is 103 cm³/mol. The Morgan fingerprint density at radius 2 is 1.88 bits per heavy atom. The van der Waals surface area contributed by atoms with Gasteiger partial charge >= 0.3 is 0 Å². The van der Waals surface area contributed by atoms with Crippen molar-refractivity contribution in [3.05, 3.63) is 65.2 Å². The molecule has 0 amide bonds. The van der Waals surface area contributed by atoms with Gasteiger partial charge in [-0.1, -0.05) is 42.0 Å². The highest BCUT2D eigenvalue weighted by Gasteiger charge is 2.19. The summed E-state index contributed by atoms with van der Waals surface area (Å²) in [7, 11) is 1.68. The van der Waals surface area contributed by atoms with E-state index in [0.29, 0.717) is 6.54 Å². The summed E-state index contributed by atoms with van der Waals surface area (Å²) >= 11 is 1.63. The minimum Gasteiger partial charge on any atom is -0.496 e. The van der Waals surface area contributed by atoms with Crippen LogP contribution in [0.15, 0.2) is 53.9 Å². The van der Waals surface area contributed by atoms with E-state index >= 15 is 0 Å². The number of hydrogen-bond acceptors (Lipinski definition) is 4. The summed E-state index contributed by atoms with van der Waals surface area (Å²) in [6.45, 7) is 2.50. The summed E-state index contributed by atoms with van der Waals surface area (Å²) < 4.78 is 7.68. The molecule has 0 aliphatic heterocycles. The molecule has 0 aliphatic carbocycles. The van der Waals surface area contributed by atoms with Gasteiger partial charge in [-0.15, -0.1) is 11.3 Å². The SMILES string of the molecule is COc1ccccc1-c1nc2scc(-c3ccc(C)cc3)n2c1CN. The number of rotatable bonds is 4. The average molecular weight is 349 g/mol. The largest absolute Gasteiger partial charge is 0.496 e.